The van der Waals surface area contributed by atoms with Gasteiger partial charge in [0.1, 0.15) is 18.2 Å². The Balaban J connectivity index is 2.20. The molecule has 0 fully saturated rings. The lowest BCUT2D eigenvalue weighted by Gasteiger charge is -2.09. The SMILES string of the molecule is O=[N+]([O-])c1ccc(F)cc1COc1ccc(CBr)cc1Cl. The van der Waals surface area contributed by atoms with Crippen molar-refractivity contribution in [1.82, 2.24) is 0 Å². The molecule has 0 radical (unpaired) electrons. The summed E-state index contributed by atoms with van der Waals surface area (Å²) >= 11 is 9.36. The van der Waals surface area contributed by atoms with Crippen molar-refractivity contribution in [1.29, 1.82) is 0 Å². The fourth-order valence-electron chi connectivity index (χ4n) is 1.75. The molecule has 0 heterocycles. The fourth-order valence-corrected chi connectivity index (χ4v) is 2.35. The second kappa shape index (κ2) is 6.87. The van der Waals surface area contributed by atoms with Gasteiger partial charge in [0.25, 0.3) is 5.69 Å². The Hall–Kier alpha value is -1.66. The van der Waals surface area contributed by atoms with E-state index < -0.39 is 10.7 Å². The Labute approximate surface area is 133 Å². The molecule has 110 valence electrons. The molecule has 7 heteroatoms. The lowest BCUT2D eigenvalue weighted by molar-refractivity contribution is -0.385. The van der Waals surface area contributed by atoms with Crippen LogP contribution >= 0.6 is 27.5 Å². The standard InChI is InChI=1S/C14H10BrClFNO3/c15-7-9-1-4-14(12(16)5-9)21-8-10-6-11(17)2-3-13(10)18(19)20/h1-6H,7-8H2. The van der Waals surface area contributed by atoms with Crippen molar-refractivity contribution in [2.45, 2.75) is 11.9 Å². The number of rotatable bonds is 5. The summed E-state index contributed by atoms with van der Waals surface area (Å²) in [6.07, 6.45) is 0. The van der Waals surface area contributed by atoms with Crippen LogP contribution < -0.4 is 4.74 Å². The molecular weight excluding hydrogens is 365 g/mol. The lowest BCUT2D eigenvalue weighted by atomic mass is 10.2. The summed E-state index contributed by atoms with van der Waals surface area (Å²) in [5, 5.41) is 11.9. The number of nitro groups is 1. The highest BCUT2D eigenvalue weighted by atomic mass is 79.9. The van der Waals surface area contributed by atoms with E-state index in [1.165, 1.54) is 0 Å². The zero-order valence-electron chi connectivity index (χ0n) is 10.7. The molecule has 0 atom stereocenters. The second-order valence-electron chi connectivity index (χ2n) is 4.22. The first kappa shape index (κ1) is 15.7. The van der Waals surface area contributed by atoms with Gasteiger partial charge in [-0.2, -0.15) is 0 Å². The van der Waals surface area contributed by atoms with Crippen LogP contribution in [0.25, 0.3) is 0 Å². The van der Waals surface area contributed by atoms with Crippen molar-refractivity contribution in [3.05, 3.63) is 68.5 Å². The van der Waals surface area contributed by atoms with Gasteiger partial charge < -0.3 is 4.74 Å². The fraction of sp³-hybridized carbons (Fsp3) is 0.143. The monoisotopic (exact) mass is 373 g/mol. The van der Waals surface area contributed by atoms with Gasteiger partial charge in [0.15, 0.2) is 0 Å². The first-order valence-corrected chi connectivity index (χ1v) is 7.41. The molecule has 4 nitrogen and oxygen atoms in total. The molecular formula is C14H10BrClFNO3. The van der Waals surface area contributed by atoms with E-state index in [1.54, 1.807) is 12.1 Å². The Morgan fingerprint density at radius 1 is 1.29 bits per heavy atom. The molecule has 0 saturated heterocycles. The summed E-state index contributed by atoms with van der Waals surface area (Å²) in [6.45, 7) is -0.137. The Bertz CT molecular complexity index is 681. The molecule has 0 aliphatic carbocycles. The Morgan fingerprint density at radius 3 is 2.67 bits per heavy atom. The average molecular weight is 375 g/mol. The third-order valence-corrected chi connectivity index (χ3v) is 3.71. The van der Waals surface area contributed by atoms with Crippen LogP contribution in [-0.2, 0) is 11.9 Å². The van der Waals surface area contributed by atoms with Gasteiger partial charge >= 0.3 is 0 Å². The highest BCUT2D eigenvalue weighted by Crippen LogP contribution is 2.28. The van der Waals surface area contributed by atoms with Gasteiger partial charge in [0.2, 0.25) is 0 Å². The lowest BCUT2D eigenvalue weighted by Crippen LogP contribution is -2.01. The Morgan fingerprint density at radius 2 is 2.05 bits per heavy atom. The predicted octanol–water partition coefficient (Wildman–Crippen LogP) is 4.86. The minimum atomic E-state index is -0.576. The van der Waals surface area contributed by atoms with Crippen LogP contribution in [0.15, 0.2) is 36.4 Å². The molecule has 2 aromatic carbocycles. The minimum absolute atomic E-state index is 0.137. The number of hydrogen-bond donors (Lipinski definition) is 0. The average Bonchev–Trinajstić information content (AvgIpc) is 2.45. The van der Waals surface area contributed by atoms with Crippen LogP contribution in [0, 0.1) is 15.9 Å². The van der Waals surface area contributed by atoms with Gasteiger partial charge in [-0.25, -0.2) is 4.39 Å². The first-order valence-electron chi connectivity index (χ1n) is 5.91. The number of nitro benzene ring substituents is 1. The number of halogens is 3. The van der Waals surface area contributed by atoms with Crippen molar-refractivity contribution < 1.29 is 14.1 Å². The van der Waals surface area contributed by atoms with E-state index in [-0.39, 0.29) is 17.9 Å². The van der Waals surface area contributed by atoms with Gasteiger partial charge in [0, 0.05) is 11.4 Å². The minimum Gasteiger partial charge on any atom is -0.487 e. The predicted molar refractivity (Wildman–Crippen MR) is 81.5 cm³/mol. The van der Waals surface area contributed by atoms with Crippen LogP contribution in [0.2, 0.25) is 5.02 Å². The topological polar surface area (TPSA) is 52.4 Å². The van der Waals surface area contributed by atoms with Gasteiger partial charge in [-0.1, -0.05) is 33.6 Å². The maximum absolute atomic E-state index is 13.2. The molecule has 0 aliphatic rings. The van der Waals surface area contributed by atoms with Crippen LogP contribution in [0.4, 0.5) is 10.1 Å². The highest BCUT2D eigenvalue weighted by molar-refractivity contribution is 9.08. The Kier molecular flexibility index (Phi) is 5.14. The molecule has 0 aromatic heterocycles. The largest absolute Gasteiger partial charge is 0.487 e. The van der Waals surface area contributed by atoms with Crippen LogP contribution in [0.1, 0.15) is 11.1 Å². The van der Waals surface area contributed by atoms with Crippen LogP contribution in [0.3, 0.4) is 0 Å². The van der Waals surface area contributed by atoms with Crippen LogP contribution in [-0.4, -0.2) is 4.92 Å². The summed E-state index contributed by atoms with van der Waals surface area (Å²) in [4.78, 5) is 10.3. The molecule has 21 heavy (non-hydrogen) atoms. The van der Waals surface area contributed by atoms with Crippen molar-refractivity contribution in [3.63, 3.8) is 0 Å². The number of nitrogens with zero attached hydrogens (tertiary/aromatic N) is 1. The number of hydrogen-bond acceptors (Lipinski definition) is 3. The van der Waals surface area contributed by atoms with Gasteiger partial charge in [-0.3, -0.25) is 10.1 Å². The highest BCUT2D eigenvalue weighted by Gasteiger charge is 2.15. The molecule has 2 rings (SSSR count). The van der Waals surface area contributed by atoms with E-state index in [1.807, 2.05) is 6.07 Å². The number of benzene rings is 2. The summed E-state index contributed by atoms with van der Waals surface area (Å²) in [7, 11) is 0. The van der Waals surface area contributed by atoms with E-state index in [9.17, 15) is 14.5 Å². The normalized spacial score (nSPS) is 10.4. The molecule has 2 aromatic rings. The molecule has 0 spiro atoms. The van der Waals surface area contributed by atoms with E-state index in [4.69, 9.17) is 16.3 Å². The molecule has 0 amide bonds. The maximum Gasteiger partial charge on any atom is 0.276 e. The second-order valence-corrected chi connectivity index (χ2v) is 5.19. The van der Waals surface area contributed by atoms with Crippen molar-refractivity contribution in [2.24, 2.45) is 0 Å². The summed E-state index contributed by atoms with van der Waals surface area (Å²) in [5.74, 6) is -0.167. The smallest absolute Gasteiger partial charge is 0.276 e. The van der Waals surface area contributed by atoms with Crippen molar-refractivity contribution in [2.75, 3.05) is 0 Å². The molecule has 0 aliphatic heterocycles. The third kappa shape index (κ3) is 3.92. The summed E-state index contributed by atoms with van der Waals surface area (Å²) < 4.78 is 18.7. The zero-order chi connectivity index (χ0) is 15.4. The zero-order valence-corrected chi connectivity index (χ0v) is 13.0. The number of ether oxygens (including phenoxy) is 1. The molecule has 0 N–H and O–H groups in total. The van der Waals surface area contributed by atoms with Crippen molar-refractivity contribution >= 4 is 33.2 Å². The maximum atomic E-state index is 13.2. The van der Waals surface area contributed by atoms with E-state index in [0.29, 0.717) is 16.1 Å². The van der Waals surface area contributed by atoms with Gasteiger partial charge in [0.05, 0.1) is 15.5 Å². The van der Waals surface area contributed by atoms with Gasteiger partial charge in [-0.05, 0) is 29.8 Å². The quantitative estimate of drug-likeness (QED) is 0.426. The third-order valence-electron chi connectivity index (χ3n) is 2.77. The number of alkyl halides is 1. The van der Waals surface area contributed by atoms with Crippen LogP contribution in [0.5, 0.6) is 5.75 Å². The van der Waals surface area contributed by atoms with E-state index >= 15 is 0 Å². The molecule has 0 saturated carbocycles. The summed E-state index contributed by atoms with van der Waals surface area (Å²) in [6, 6.07) is 8.45. The van der Waals surface area contributed by atoms with Gasteiger partial charge in [-0.15, -0.1) is 0 Å². The van der Waals surface area contributed by atoms with E-state index in [0.717, 1.165) is 23.8 Å². The summed E-state index contributed by atoms with van der Waals surface area (Å²) in [5.41, 5.74) is 0.939. The first-order chi connectivity index (χ1) is 10.0. The molecule has 0 bridgehead atoms. The van der Waals surface area contributed by atoms with E-state index in [2.05, 4.69) is 15.9 Å². The molecule has 0 unspecified atom stereocenters. The van der Waals surface area contributed by atoms with Crippen molar-refractivity contribution in [3.8, 4) is 5.75 Å².